The molecule has 4 atom stereocenters. The molecule has 1 amide bonds. The molecule has 3 heterocycles. The van der Waals surface area contributed by atoms with Crippen molar-refractivity contribution in [3.05, 3.63) is 42.2 Å². The Balaban J connectivity index is 1.20. The Kier molecular flexibility index (Phi) is 9.00. The summed E-state index contributed by atoms with van der Waals surface area (Å²) in [5, 5.41) is 11.6. The second-order valence-corrected chi connectivity index (χ2v) is 10.4. The maximum atomic E-state index is 12.3. The molecule has 0 aliphatic carbocycles. The Bertz CT molecular complexity index is 1040. The van der Waals surface area contributed by atoms with Crippen LogP contribution >= 0.6 is 0 Å². The predicted octanol–water partition coefficient (Wildman–Crippen LogP) is 3.11. The van der Waals surface area contributed by atoms with Crippen molar-refractivity contribution >= 4 is 11.6 Å². The van der Waals surface area contributed by atoms with Crippen LogP contribution in [-0.4, -0.2) is 76.8 Å². The number of piperazine rings is 1. The SMILES string of the molecule is CC(C)NC(=O)[C@H](C)[C@H]1CC[C@@H](C[C@@H](C)n2cc(C#CCN3CCN(c4ccccc4)CC3)nn2)O1. The fourth-order valence-electron chi connectivity index (χ4n) is 4.94. The van der Waals surface area contributed by atoms with Gasteiger partial charge in [0.2, 0.25) is 5.91 Å². The maximum absolute atomic E-state index is 12.3. The molecule has 0 bridgehead atoms. The third-order valence-corrected chi connectivity index (χ3v) is 7.12. The molecule has 1 aromatic heterocycles. The molecule has 2 aromatic rings. The first-order valence-electron chi connectivity index (χ1n) is 13.3. The van der Waals surface area contributed by atoms with Gasteiger partial charge < -0.3 is 15.0 Å². The highest BCUT2D eigenvalue weighted by Crippen LogP contribution is 2.30. The van der Waals surface area contributed by atoms with Gasteiger partial charge in [-0.15, -0.1) is 5.10 Å². The molecule has 8 nitrogen and oxygen atoms in total. The Morgan fingerprint density at radius 1 is 1.11 bits per heavy atom. The topological polar surface area (TPSA) is 75.5 Å². The van der Waals surface area contributed by atoms with Crippen LogP contribution in [0.25, 0.3) is 0 Å². The van der Waals surface area contributed by atoms with E-state index >= 15 is 0 Å². The van der Waals surface area contributed by atoms with Crippen LogP contribution in [0, 0.1) is 17.8 Å². The molecule has 2 aliphatic heterocycles. The van der Waals surface area contributed by atoms with Gasteiger partial charge in [-0.2, -0.15) is 0 Å². The average Bonchev–Trinajstić information content (AvgIpc) is 3.54. The number of nitrogens with one attached hydrogen (secondary N) is 1. The molecule has 0 saturated carbocycles. The Labute approximate surface area is 215 Å². The molecule has 4 rings (SSSR count). The highest BCUT2D eigenvalue weighted by Gasteiger charge is 2.34. The number of rotatable bonds is 8. The molecular weight excluding hydrogens is 452 g/mol. The summed E-state index contributed by atoms with van der Waals surface area (Å²) >= 11 is 0. The van der Waals surface area contributed by atoms with E-state index in [1.54, 1.807) is 0 Å². The molecular formula is C28H40N6O2. The van der Waals surface area contributed by atoms with Crippen molar-refractivity contribution in [2.75, 3.05) is 37.6 Å². The highest BCUT2D eigenvalue weighted by molar-refractivity contribution is 5.79. The van der Waals surface area contributed by atoms with Crippen molar-refractivity contribution in [1.29, 1.82) is 0 Å². The van der Waals surface area contributed by atoms with E-state index in [-0.39, 0.29) is 36.1 Å². The van der Waals surface area contributed by atoms with E-state index in [9.17, 15) is 4.79 Å². The molecule has 1 aromatic carbocycles. The molecule has 0 radical (unpaired) electrons. The molecule has 2 fully saturated rings. The van der Waals surface area contributed by atoms with Crippen molar-refractivity contribution in [3.63, 3.8) is 0 Å². The van der Waals surface area contributed by atoms with Crippen molar-refractivity contribution in [2.45, 2.75) is 71.2 Å². The molecule has 0 spiro atoms. The first-order chi connectivity index (χ1) is 17.4. The Hall–Kier alpha value is -2.89. The zero-order valence-corrected chi connectivity index (χ0v) is 22.1. The number of para-hydroxylation sites is 1. The van der Waals surface area contributed by atoms with Crippen LogP contribution < -0.4 is 10.2 Å². The largest absolute Gasteiger partial charge is 0.374 e. The van der Waals surface area contributed by atoms with Crippen LogP contribution in [0.15, 0.2) is 36.5 Å². The van der Waals surface area contributed by atoms with Gasteiger partial charge in [0, 0.05) is 37.9 Å². The van der Waals surface area contributed by atoms with Crippen molar-refractivity contribution in [2.24, 2.45) is 5.92 Å². The van der Waals surface area contributed by atoms with Gasteiger partial charge in [0.1, 0.15) is 0 Å². The minimum Gasteiger partial charge on any atom is -0.374 e. The molecule has 2 saturated heterocycles. The van der Waals surface area contributed by atoms with Gasteiger partial charge in [-0.3, -0.25) is 9.69 Å². The lowest BCUT2D eigenvalue weighted by molar-refractivity contribution is -0.129. The van der Waals surface area contributed by atoms with E-state index < -0.39 is 0 Å². The fraction of sp³-hybridized carbons (Fsp3) is 0.607. The lowest BCUT2D eigenvalue weighted by Crippen LogP contribution is -2.46. The molecule has 36 heavy (non-hydrogen) atoms. The second kappa shape index (κ2) is 12.4. The van der Waals surface area contributed by atoms with Gasteiger partial charge in [0.05, 0.1) is 36.9 Å². The number of ether oxygens (including phenoxy) is 1. The summed E-state index contributed by atoms with van der Waals surface area (Å²) in [6, 6.07) is 10.9. The monoisotopic (exact) mass is 492 g/mol. The fourth-order valence-corrected chi connectivity index (χ4v) is 4.94. The van der Waals surface area contributed by atoms with E-state index in [1.807, 2.05) is 31.6 Å². The summed E-state index contributed by atoms with van der Waals surface area (Å²) in [5.41, 5.74) is 1.99. The minimum atomic E-state index is -0.137. The predicted molar refractivity (Wildman–Crippen MR) is 142 cm³/mol. The summed E-state index contributed by atoms with van der Waals surface area (Å²) in [6.07, 6.45) is 4.76. The lowest BCUT2D eigenvalue weighted by atomic mass is 10.00. The van der Waals surface area contributed by atoms with E-state index in [0.717, 1.165) is 52.0 Å². The number of hydrogen-bond donors (Lipinski definition) is 1. The van der Waals surface area contributed by atoms with Crippen LogP contribution in [0.1, 0.15) is 58.7 Å². The summed E-state index contributed by atoms with van der Waals surface area (Å²) in [4.78, 5) is 17.1. The minimum absolute atomic E-state index is 0.0207. The molecule has 194 valence electrons. The number of carbonyl (C=O) groups excluding carboxylic acids is 1. The summed E-state index contributed by atoms with van der Waals surface area (Å²) in [6.45, 7) is 12.8. The number of hydrogen-bond acceptors (Lipinski definition) is 6. The van der Waals surface area contributed by atoms with E-state index in [0.29, 0.717) is 5.69 Å². The van der Waals surface area contributed by atoms with Gasteiger partial charge in [-0.05, 0) is 58.1 Å². The van der Waals surface area contributed by atoms with Crippen LogP contribution in [-0.2, 0) is 9.53 Å². The third-order valence-electron chi connectivity index (χ3n) is 7.12. The number of amides is 1. The number of carbonyl (C=O) groups is 1. The van der Waals surface area contributed by atoms with Gasteiger partial charge in [-0.25, -0.2) is 4.68 Å². The molecule has 0 unspecified atom stereocenters. The van der Waals surface area contributed by atoms with Crippen LogP contribution in [0.2, 0.25) is 0 Å². The average molecular weight is 493 g/mol. The number of nitrogens with zero attached hydrogens (tertiary/aromatic N) is 5. The molecule has 2 aliphatic rings. The zero-order valence-electron chi connectivity index (χ0n) is 22.1. The van der Waals surface area contributed by atoms with E-state index in [1.165, 1.54) is 5.69 Å². The molecule has 1 N–H and O–H groups in total. The van der Waals surface area contributed by atoms with Crippen LogP contribution in [0.5, 0.6) is 0 Å². The normalized spacial score (nSPS) is 22.2. The van der Waals surface area contributed by atoms with E-state index in [4.69, 9.17) is 4.74 Å². The number of benzene rings is 1. The quantitative estimate of drug-likeness (QED) is 0.571. The Morgan fingerprint density at radius 3 is 2.58 bits per heavy atom. The highest BCUT2D eigenvalue weighted by atomic mass is 16.5. The number of anilines is 1. The first kappa shape index (κ1) is 26.2. The van der Waals surface area contributed by atoms with Crippen LogP contribution in [0.3, 0.4) is 0 Å². The third kappa shape index (κ3) is 7.08. The van der Waals surface area contributed by atoms with Gasteiger partial charge in [-0.1, -0.05) is 36.3 Å². The standard InChI is InChI=1S/C28H40N6O2/c1-21(2)29-28(35)23(4)27-13-12-26(36-27)19-22(3)34-20-24(30-31-34)9-8-14-32-15-17-33(18-16-32)25-10-6-5-7-11-25/h5-7,10-11,20-23,26-27H,12-19H2,1-4H3,(H,29,35)/t22-,23-,26+,27-/m1/s1. The molecule has 8 heteroatoms. The smallest absolute Gasteiger partial charge is 0.225 e. The summed E-state index contributed by atoms with van der Waals surface area (Å²) in [5.74, 6) is 6.38. The lowest BCUT2D eigenvalue weighted by Gasteiger charge is -2.35. The van der Waals surface area contributed by atoms with E-state index in [2.05, 4.69) is 74.5 Å². The van der Waals surface area contributed by atoms with Gasteiger partial charge in [0.25, 0.3) is 0 Å². The second-order valence-electron chi connectivity index (χ2n) is 10.4. The summed E-state index contributed by atoms with van der Waals surface area (Å²) in [7, 11) is 0. The van der Waals surface area contributed by atoms with Gasteiger partial charge in [0.15, 0.2) is 5.69 Å². The van der Waals surface area contributed by atoms with Crippen LogP contribution in [0.4, 0.5) is 5.69 Å². The zero-order chi connectivity index (χ0) is 25.5. The van der Waals surface area contributed by atoms with Crippen molar-refractivity contribution in [3.8, 4) is 11.8 Å². The first-order valence-corrected chi connectivity index (χ1v) is 13.3. The number of aromatic nitrogens is 3. The van der Waals surface area contributed by atoms with Gasteiger partial charge >= 0.3 is 0 Å². The Morgan fingerprint density at radius 2 is 1.86 bits per heavy atom. The van der Waals surface area contributed by atoms with Crippen molar-refractivity contribution in [1.82, 2.24) is 25.2 Å². The summed E-state index contributed by atoms with van der Waals surface area (Å²) < 4.78 is 8.12. The van der Waals surface area contributed by atoms with Crippen molar-refractivity contribution < 1.29 is 9.53 Å². The maximum Gasteiger partial charge on any atom is 0.225 e.